The summed E-state index contributed by atoms with van der Waals surface area (Å²) >= 11 is 0. The Hall–Kier alpha value is -2.55. The van der Waals surface area contributed by atoms with E-state index in [4.69, 9.17) is 5.73 Å². The summed E-state index contributed by atoms with van der Waals surface area (Å²) in [4.78, 5) is 4.14. The largest absolute Gasteiger partial charge is 0.398 e. The van der Waals surface area contributed by atoms with E-state index in [0.717, 1.165) is 35.1 Å². The van der Waals surface area contributed by atoms with Crippen molar-refractivity contribution in [1.82, 2.24) is 4.98 Å². The third-order valence-corrected chi connectivity index (χ3v) is 3.77. The summed E-state index contributed by atoms with van der Waals surface area (Å²) in [6.45, 7) is 2.97. The molecule has 3 aromatic rings. The minimum absolute atomic E-state index is 0.760. The zero-order valence-corrected chi connectivity index (χ0v) is 12.1. The molecule has 2 aromatic carbocycles. The first-order valence-electron chi connectivity index (χ1n) is 7.22. The number of hydrogen-bond donors (Lipinski definition) is 2. The van der Waals surface area contributed by atoms with E-state index in [2.05, 4.69) is 41.5 Å². The Morgan fingerprint density at radius 1 is 0.952 bits per heavy atom. The van der Waals surface area contributed by atoms with Gasteiger partial charge in [-0.3, -0.25) is 4.98 Å². The normalized spacial score (nSPS) is 10.7. The first kappa shape index (κ1) is 13.4. The van der Waals surface area contributed by atoms with Crippen molar-refractivity contribution in [2.45, 2.75) is 19.9 Å². The Kier molecular flexibility index (Phi) is 3.73. The molecule has 0 bridgehead atoms. The molecule has 0 amide bonds. The molecule has 1 heterocycles. The number of anilines is 2. The van der Waals surface area contributed by atoms with Crippen LogP contribution in [-0.2, 0) is 13.0 Å². The first-order chi connectivity index (χ1) is 10.3. The van der Waals surface area contributed by atoms with Gasteiger partial charge in [-0.05, 0) is 35.7 Å². The van der Waals surface area contributed by atoms with Crippen molar-refractivity contribution in [1.29, 1.82) is 0 Å². The quantitative estimate of drug-likeness (QED) is 0.709. The van der Waals surface area contributed by atoms with Gasteiger partial charge in [0.05, 0.1) is 0 Å². The molecule has 3 heteroatoms. The Bertz CT molecular complexity index is 748. The van der Waals surface area contributed by atoms with Crippen molar-refractivity contribution in [3.8, 4) is 0 Å². The lowest BCUT2D eigenvalue weighted by Crippen LogP contribution is -2.01. The van der Waals surface area contributed by atoms with Gasteiger partial charge < -0.3 is 11.1 Å². The summed E-state index contributed by atoms with van der Waals surface area (Å²) in [5, 5.41) is 5.58. The maximum atomic E-state index is 6.00. The number of pyridine rings is 1. The number of nitrogen functional groups attached to an aromatic ring is 1. The first-order valence-corrected chi connectivity index (χ1v) is 7.22. The van der Waals surface area contributed by atoms with Gasteiger partial charge in [-0.15, -0.1) is 0 Å². The molecular weight excluding hydrogens is 258 g/mol. The van der Waals surface area contributed by atoms with Crippen molar-refractivity contribution in [3.05, 3.63) is 66.0 Å². The van der Waals surface area contributed by atoms with Crippen LogP contribution in [-0.4, -0.2) is 4.98 Å². The van der Waals surface area contributed by atoms with E-state index in [-0.39, 0.29) is 0 Å². The number of rotatable bonds is 4. The van der Waals surface area contributed by atoms with Gasteiger partial charge in [0.25, 0.3) is 0 Å². The van der Waals surface area contributed by atoms with Crippen molar-refractivity contribution in [2.24, 2.45) is 0 Å². The highest BCUT2D eigenvalue weighted by molar-refractivity contribution is 6.00. The standard InChI is InChI=1S/C18H19N3/c1-2-13-3-5-14(6-4-13)11-21-18-8-7-17(19)16-12-20-10-9-15(16)18/h3-10,12,21H,2,11,19H2,1H3. The Labute approximate surface area is 124 Å². The number of nitrogens with zero attached hydrogens (tertiary/aromatic N) is 1. The lowest BCUT2D eigenvalue weighted by atomic mass is 10.1. The van der Waals surface area contributed by atoms with E-state index in [0.29, 0.717) is 0 Å². The van der Waals surface area contributed by atoms with Crippen LogP contribution >= 0.6 is 0 Å². The third-order valence-electron chi connectivity index (χ3n) is 3.77. The van der Waals surface area contributed by atoms with Crippen molar-refractivity contribution >= 4 is 22.1 Å². The van der Waals surface area contributed by atoms with Crippen LogP contribution < -0.4 is 11.1 Å². The lowest BCUT2D eigenvalue weighted by molar-refractivity contribution is 1.11. The molecule has 0 aliphatic carbocycles. The lowest BCUT2D eigenvalue weighted by Gasteiger charge is -2.11. The van der Waals surface area contributed by atoms with E-state index in [9.17, 15) is 0 Å². The van der Waals surface area contributed by atoms with Gasteiger partial charge >= 0.3 is 0 Å². The second-order valence-electron chi connectivity index (χ2n) is 5.15. The van der Waals surface area contributed by atoms with Gasteiger partial charge in [0.15, 0.2) is 0 Å². The minimum atomic E-state index is 0.760. The average Bonchev–Trinajstić information content (AvgIpc) is 2.55. The maximum absolute atomic E-state index is 6.00. The smallest absolute Gasteiger partial charge is 0.0425 e. The molecule has 0 saturated carbocycles. The van der Waals surface area contributed by atoms with Crippen molar-refractivity contribution in [2.75, 3.05) is 11.1 Å². The molecular formula is C18H19N3. The van der Waals surface area contributed by atoms with Crippen LogP contribution in [0.4, 0.5) is 11.4 Å². The number of nitrogens with one attached hydrogen (secondary N) is 1. The fourth-order valence-corrected chi connectivity index (χ4v) is 2.46. The summed E-state index contributed by atoms with van der Waals surface area (Å²) in [5.41, 5.74) is 10.5. The van der Waals surface area contributed by atoms with Gasteiger partial charge in [-0.25, -0.2) is 0 Å². The number of aromatic nitrogens is 1. The fourth-order valence-electron chi connectivity index (χ4n) is 2.46. The van der Waals surface area contributed by atoms with Crippen LogP contribution in [0.2, 0.25) is 0 Å². The number of fused-ring (bicyclic) bond motifs is 1. The SMILES string of the molecule is CCc1ccc(CNc2ccc(N)c3cnccc23)cc1. The summed E-state index contributed by atoms with van der Waals surface area (Å²) in [7, 11) is 0. The van der Waals surface area contributed by atoms with E-state index in [1.165, 1.54) is 11.1 Å². The van der Waals surface area contributed by atoms with Crippen LogP contribution in [0.15, 0.2) is 54.9 Å². The number of aryl methyl sites for hydroxylation is 1. The van der Waals surface area contributed by atoms with Crippen molar-refractivity contribution in [3.63, 3.8) is 0 Å². The van der Waals surface area contributed by atoms with E-state index >= 15 is 0 Å². The van der Waals surface area contributed by atoms with Crippen molar-refractivity contribution < 1.29 is 0 Å². The summed E-state index contributed by atoms with van der Waals surface area (Å²) in [6, 6.07) is 14.7. The van der Waals surface area contributed by atoms with Gasteiger partial charge in [0.2, 0.25) is 0 Å². The molecule has 0 atom stereocenters. The van der Waals surface area contributed by atoms with Crippen LogP contribution in [0.3, 0.4) is 0 Å². The molecule has 3 rings (SSSR count). The summed E-state index contributed by atoms with van der Waals surface area (Å²) in [6.07, 6.45) is 4.68. The molecule has 106 valence electrons. The second-order valence-corrected chi connectivity index (χ2v) is 5.15. The predicted molar refractivity (Wildman–Crippen MR) is 89.3 cm³/mol. The molecule has 3 N–H and O–H groups in total. The van der Waals surface area contributed by atoms with Crippen LogP contribution in [0.25, 0.3) is 10.8 Å². The number of benzene rings is 2. The van der Waals surface area contributed by atoms with E-state index < -0.39 is 0 Å². The highest BCUT2D eigenvalue weighted by atomic mass is 14.9. The Balaban J connectivity index is 1.83. The molecule has 0 aliphatic rings. The topological polar surface area (TPSA) is 50.9 Å². The molecule has 0 aliphatic heterocycles. The Morgan fingerprint density at radius 3 is 2.48 bits per heavy atom. The van der Waals surface area contributed by atoms with Gasteiger partial charge in [0.1, 0.15) is 0 Å². The van der Waals surface area contributed by atoms with E-state index in [1.54, 1.807) is 6.20 Å². The van der Waals surface area contributed by atoms with Gasteiger partial charge in [-0.1, -0.05) is 31.2 Å². The predicted octanol–water partition coefficient (Wildman–Crippen LogP) is 3.99. The second kappa shape index (κ2) is 5.83. The van der Waals surface area contributed by atoms with Gasteiger partial charge in [-0.2, -0.15) is 0 Å². The molecule has 21 heavy (non-hydrogen) atoms. The zero-order chi connectivity index (χ0) is 14.7. The molecule has 0 fully saturated rings. The van der Waals surface area contributed by atoms with Crippen LogP contribution in [0.1, 0.15) is 18.1 Å². The molecule has 3 nitrogen and oxygen atoms in total. The van der Waals surface area contributed by atoms with Crippen LogP contribution in [0.5, 0.6) is 0 Å². The van der Waals surface area contributed by atoms with E-state index in [1.807, 2.05) is 24.4 Å². The molecule has 0 unspecified atom stereocenters. The zero-order valence-electron chi connectivity index (χ0n) is 12.1. The summed E-state index contributed by atoms with van der Waals surface area (Å²) < 4.78 is 0. The Morgan fingerprint density at radius 2 is 1.71 bits per heavy atom. The molecule has 0 spiro atoms. The monoisotopic (exact) mass is 277 g/mol. The van der Waals surface area contributed by atoms with Gasteiger partial charge in [0, 0.05) is 41.1 Å². The maximum Gasteiger partial charge on any atom is 0.0425 e. The fraction of sp³-hybridized carbons (Fsp3) is 0.167. The molecule has 0 radical (unpaired) electrons. The molecule has 0 saturated heterocycles. The van der Waals surface area contributed by atoms with Crippen LogP contribution in [0, 0.1) is 0 Å². The highest BCUT2D eigenvalue weighted by Gasteiger charge is 2.04. The minimum Gasteiger partial charge on any atom is -0.398 e. The summed E-state index contributed by atoms with van der Waals surface area (Å²) in [5.74, 6) is 0. The average molecular weight is 277 g/mol. The number of nitrogens with two attached hydrogens (primary N) is 1. The highest BCUT2D eigenvalue weighted by Crippen LogP contribution is 2.27. The number of hydrogen-bond acceptors (Lipinski definition) is 3. The molecule has 1 aromatic heterocycles. The third kappa shape index (κ3) is 2.82.